The SMILES string of the molecule is CCc1ccc(CC2(O)CCCC(CC)CC2)cc1. The fourth-order valence-electron chi connectivity index (χ4n) is 3.32. The first-order valence-electron chi connectivity index (χ1n) is 7.95. The van der Waals surface area contributed by atoms with E-state index in [1.54, 1.807) is 0 Å². The van der Waals surface area contributed by atoms with E-state index in [0.717, 1.165) is 31.6 Å². The minimum atomic E-state index is -0.461. The molecule has 0 spiro atoms. The molecular weight excluding hydrogens is 232 g/mol. The summed E-state index contributed by atoms with van der Waals surface area (Å²) in [5.41, 5.74) is 2.20. The maximum atomic E-state index is 10.8. The molecule has 2 atom stereocenters. The van der Waals surface area contributed by atoms with Crippen molar-refractivity contribution in [1.29, 1.82) is 0 Å². The van der Waals surface area contributed by atoms with Crippen LogP contribution in [0.15, 0.2) is 24.3 Å². The maximum absolute atomic E-state index is 10.8. The van der Waals surface area contributed by atoms with Gasteiger partial charge in [0.1, 0.15) is 0 Å². The van der Waals surface area contributed by atoms with Gasteiger partial charge >= 0.3 is 0 Å². The number of hydrogen-bond acceptors (Lipinski definition) is 1. The molecule has 1 nitrogen and oxygen atoms in total. The van der Waals surface area contributed by atoms with Gasteiger partial charge in [0.25, 0.3) is 0 Å². The van der Waals surface area contributed by atoms with Gasteiger partial charge in [0.15, 0.2) is 0 Å². The molecule has 0 radical (unpaired) electrons. The zero-order valence-corrected chi connectivity index (χ0v) is 12.5. The van der Waals surface area contributed by atoms with Crippen molar-refractivity contribution in [2.45, 2.75) is 70.8 Å². The fourth-order valence-corrected chi connectivity index (χ4v) is 3.32. The number of rotatable bonds is 4. The van der Waals surface area contributed by atoms with E-state index in [9.17, 15) is 5.11 Å². The summed E-state index contributed by atoms with van der Waals surface area (Å²) in [7, 11) is 0. The van der Waals surface area contributed by atoms with Crippen LogP contribution in [0.25, 0.3) is 0 Å². The molecular formula is C18H28O. The number of hydrogen-bond donors (Lipinski definition) is 1. The van der Waals surface area contributed by atoms with E-state index in [1.807, 2.05) is 0 Å². The lowest BCUT2D eigenvalue weighted by Gasteiger charge is -2.27. The van der Waals surface area contributed by atoms with Crippen LogP contribution in [0, 0.1) is 5.92 Å². The van der Waals surface area contributed by atoms with Crippen LogP contribution in [0.2, 0.25) is 0 Å². The highest BCUT2D eigenvalue weighted by atomic mass is 16.3. The lowest BCUT2D eigenvalue weighted by atomic mass is 9.86. The van der Waals surface area contributed by atoms with Crippen LogP contribution in [-0.2, 0) is 12.8 Å². The zero-order chi connectivity index (χ0) is 13.7. The third-order valence-corrected chi connectivity index (χ3v) is 4.81. The monoisotopic (exact) mass is 260 g/mol. The Hall–Kier alpha value is -0.820. The van der Waals surface area contributed by atoms with Gasteiger partial charge < -0.3 is 5.11 Å². The second-order valence-electron chi connectivity index (χ2n) is 6.28. The lowest BCUT2D eigenvalue weighted by Crippen LogP contribution is -2.30. The summed E-state index contributed by atoms with van der Waals surface area (Å²) in [5, 5.41) is 10.8. The largest absolute Gasteiger partial charge is 0.390 e. The molecule has 2 unspecified atom stereocenters. The molecule has 1 aliphatic carbocycles. The summed E-state index contributed by atoms with van der Waals surface area (Å²) in [6.07, 6.45) is 8.80. The van der Waals surface area contributed by atoms with E-state index in [4.69, 9.17) is 0 Å². The van der Waals surface area contributed by atoms with Gasteiger partial charge in [-0.25, -0.2) is 0 Å². The van der Waals surface area contributed by atoms with Gasteiger partial charge in [-0.3, -0.25) is 0 Å². The first kappa shape index (κ1) is 14.6. The van der Waals surface area contributed by atoms with Gasteiger partial charge in [0, 0.05) is 6.42 Å². The molecule has 1 aliphatic rings. The van der Waals surface area contributed by atoms with Crippen molar-refractivity contribution in [3.05, 3.63) is 35.4 Å². The molecule has 1 saturated carbocycles. The Morgan fingerprint density at radius 3 is 2.37 bits per heavy atom. The van der Waals surface area contributed by atoms with Gasteiger partial charge in [0.05, 0.1) is 5.60 Å². The van der Waals surface area contributed by atoms with Crippen LogP contribution < -0.4 is 0 Å². The highest BCUT2D eigenvalue weighted by molar-refractivity contribution is 5.23. The smallest absolute Gasteiger partial charge is 0.0688 e. The predicted octanol–water partition coefficient (Wildman–Crippen LogP) is 4.51. The molecule has 0 aliphatic heterocycles. The van der Waals surface area contributed by atoms with Crippen LogP contribution in [0.5, 0.6) is 0 Å². The third kappa shape index (κ3) is 4.07. The maximum Gasteiger partial charge on any atom is 0.0688 e. The molecule has 106 valence electrons. The van der Waals surface area contributed by atoms with Crippen molar-refractivity contribution in [3.8, 4) is 0 Å². The molecule has 1 fully saturated rings. The van der Waals surface area contributed by atoms with Crippen LogP contribution in [0.4, 0.5) is 0 Å². The van der Waals surface area contributed by atoms with Crippen LogP contribution in [0.1, 0.15) is 63.5 Å². The Morgan fingerprint density at radius 2 is 1.74 bits per heavy atom. The first-order valence-corrected chi connectivity index (χ1v) is 7.95. The molecule has 0 amide bonds. The van der Waals surface area contributed by atoms with Crippen molar-refractivity contribution in [1.82, 2.24) is 0 Å². The van der Waals surface area contributed by atoms with E-state index in [1.165, 1.54) is 36.8 Å². The Labute approximate surface area is 118 Å². The fraction of sp³-hybridized carbons (Fsp3) is 0.667. The summed E-state index contributed by atoms with van der Waals surface area (Å²) in [5.74, 6) is 0.830. The van der Waals surface area contributed by atoms with E-state index in [-0.39, 0.29) is 0 Å². The van der Waals surface area contributed by atoms with Gasteiger partial charge in [-0.05, 0) is 42.7 Å². The molecule has 2 rings (SSSR count). The van der Waals surface area contributed by atoms with Crippen molar-refractivity contribution in [2.75, 3.05) is 0 Å². The summed E-state index contributed by atoms with van der Waals surface area (Å²) in [4.78, 5) is 0. The molecule has 1 heteroatoms. The molecule has 0 bridgehead atoms. The van der Waals surface area contributed by atoms with Crippen molar-refractivity contribution < 1.29 is 5.11 Å². The average molecular weight is 260 g/mol. The lowest BCUT2D eigenvalue weighted by molar-refractivity contribution is 0.0242. The van der Waals surface area contributed by atoms with Crippen molar-refractivity contribution in [3.63, 3.8) is 0 Å². The van der Waals surface area contributed by atoms with Gasteiger partial charge in [0.2, 0.25) is 0 Å². The van der Waals surface area contributed by atoms with Gasteiger partial charge in [-0.15, -0.1) is 0 Å². The highest BCUT2D eigenvalue weighted by Crippen LogP contribution is 2.34. The first-order chi connectivity index (χ1) is 9.15. The second-order valence-corrected chi connectivity index (χ2v) is 6.28. The molecule has 1 aromatic carbocycles. The summed E-state index contributed by atoms with van der Waals surface area (Å²) in [6, 6.07) is 8.78. The highest BCUT2D eigenvalue weighted by Gasteiger charge is 2.30. The van der Waals surface area contributed by atoms with E-state index >= 15 is 0 Å². The quantitative estimate of drug-likeness (QED) is 0.790. The Bertz CT molecular complexity index is 381. The number of aliphatic hydroxyl groups is 1. The molecule has 0 aromatic heterocycles. The topological polar surface area (TPSA) is 20.2 Å². The van der Waals surface area contributed by atoms with Gasteiger partial charge in [-0.2, -0.15) is 0 Å². The number of benzene rings is 1. The Kier molecular flexibility index (Phi) is 5.04. The standard InChI is InChI=1S/C18H28O/c1-3-15-6-5-12-18(19,13-11-15)14-17-9-7-16(4-2)8-10-17/h7-10,15,19H,3-6,11-14H2,1-2H3. The molecule has 19 heavy (non-hydrogen) atoms. The van der Waals surface area contributed by atoms with Crippen LogP contribution in [0.3, 0.4) is 0 Å². The second kappa shape index (κ2) is 6.56. The normalized spacial score (nSPS) is 28.1. The van der Waals surface area contributed by atoms with Crippen molar-refractivity contribution in [2.24, 2.45) is 5.92 Å². The average Bonchev–Trinajstić information content (AvgIpc) is 2.61. The number of aryl methyl sites for hydroxylation is 1. The van der Waals surface area contributed by atoms with Crippen LogP contribution in [-0.4, -0.2) is 10.7 Å². The molecule has 1 N–H and O–H groups in total. The van der Waals surface area contributed by atoms with E-state index < -0.39 is 5.60 Å². The molecule has 0 saturated heterocycles. The minimum absolute atomic E-state index is 0.461. The van der Waals surface area contributed by atoms with Gasteiger partial charge in [-0.1, -0.05) is 57.4 Å². The summed E-state index contributed by atoms with van der Waals surface area (Å²) >= 11 is 0. The Morgan fingerprint density at radius 1 is 1.05 bits per heavy atom. The van der Waals surface area contributed by atoms with Crippen LogP contribution >= 0.6 is 0 Å². The third-order valence-electron chi connectivity index (χ3n) is 4.81. The van der Waals surface area contributed by atoms with Crippen molar-refractivity contribution >= 4 is 0 Å². The minimum Gasteiger partial charge on any atom is -0.390 e. The predicted molar refractivity (Wildman–Crippen MR) is 81.3 cm³/mol. The summed E-state index contributed by atoms with van der Waals surface area (Å²) in [6.45, 7) is 4.46. The van der Waals surface area contributed by atoms with E-state index in [2.05, 4.69) is 38.1 Å². The zero-order valence-electron chi connectivity index (χ0n) is 12.5. The molecule has 1 aromatic rings. The molecule has 0 heterocycles. The Balaban J connectivity index is 1.99. The van der Waals surface area contributed by atoms with E-state index in [0.29, 0.717) is 0 Å². The summed E-state index contributed by atoms with van der Waals surface area (Å²) < 4.78 is 0.